The minimum Gasteiger partial charge on any atom is -0.285 e. The third kappa shape index (κ3) is 3.82. The van der Waals surface area contributed by atoms with Gasteiger partial charge in [0.1, 0.15) is 0 Å². The van der Waals surface area contributed by atoms with E-state index in [-0.39, 0.29) is 23.7 Å². The quantitative estimate of drug-likeness (QED) is 0.633. The molecule has 1 N–H and O–H groups in total. The highest BCUT2D eigenvalue weighted by molar-refractivity contribution is 7.86. The van der Waals surface area contributed by atoms with Crippen LogP contribution in [0.2, 0.25) is 0 Å². The molecular weight excluding hydrogens is 260 g/mol. The molecule has 0 bridgehead atoms. The van der Waals surface area contributed by atoms with Gasteiger partial charge in [-0.05, 0) is 36.0 Å². The second-order valence-electron chi connectivity index (χ2n) is 6.81. The normalized spacial score (nSPS) is 29.2. The lowest BCUT2D eigenvalue weighted by molar-refractivity contribution is 0.250. The molecule has 0 fully saturated rings. The fourth-order valence-corrected chi connectivity index (χ4v) is 4.76. The molecule has 0 spiro atoms. The highest BCUT2D eigenvalue weighted by Gasteiger charge is 2.43. The maximum absolute atomic E-state index is 11.8. The zero-order valence-corrected chi connectivity index (χ0v) is 13.7. The van der Waals surface area contributed by atoms with Gasteiger partial charge in [-0.2, -0.15) is 8.42 Å². The molecular formula is C15H28O3S. The van der Waals surface area contributed by atoms with Gasteiger partial charge >= 0.3 is 0 Å². The number of rotatable bonds is 4. The summed E-state index contributed by atoms with van der Waals surface area (Å²) in [7, 11) is -4.01. The van der Waals surface area contributed by atoms with E-state index < -0.39 is 15.4 Å². The lowest BCUT2D eigenvalue weighted by Crippen LogP contribution is -2.43. The van der Waals surface area contributed by atoms with Gasteiger partial charge in [0, 0.05) is 0 Å². The second-order valence-corrected chi connectivity index (χ2v) is 8.38. The first-order valence-electron chi connectivity index (χ1n) is 7.22. The van der Waals surface area contributed by atoms with Gasteiger partial charge in [-0.25, -0.2) is 0 Å². The van der Waals surface area contributed by atoms with Crippen LogP contribution >= 0.6 is 0 Å². The second kappa shape index (κ2) is 5.96. The van der Waals surface area contributed by atoms with E-state index in [1.807, 2.05) is 27.7 Å². The van der Waals surface area contributed by atoms with Crippen LogP contribution in [0.4, 0.5) is 0 Å². The molecule has 19 heavy (non-hydrogen) atoms. The number of hydrogen-bond donors (Lipinski definition) is 1. The number of allylic oxidation sites excluding steroid dienone is 2. The van der Waals surface area contributed by atoms with Crippen molar-refractivity contribution in [2.45, 2.75) is 53.2 Å². The van der Waals surface area contributed by atoms with E-state index in [2.05, 4.69) is 19.9 Å². The lowest BCUT2D eigenvalue weighted by atomic mass is 9.71. The van der Waals surface area contributed by atoms with E-state index in [1.165, 1.54) is 5.57 Å². The van der Waals surface area contributed by atoms with Crippen LogP contribution in [0.25, 0.3) is 0 Å². The average Bonchev–Trinajstić information content (AvgIpc) is 2.25. The molecule has 3 atom stereocenters. The zero-order valence-electron chi connectivity index (χ0n) is 12.9. The molecule has 112 valence electrons. The molecule has 4 heteroatoms. The van der Waals surface area contributed by atoms with Crippen molar-refractivity contribution in [1.82, 2.24) is 0 Å². The van der Waals surface area contributed by atoms with Gasteiger partial charge in [-0.15, -0.1) is 0 Å². The van der Waals surface area contributed by atoms with Crippen LogP contribution in [0, 0.1) is 29.6 Å². The van der Waals surface area contributed by atoms with Gasteiger partial charge in [0.05, 0.1) is 5.25 Å². The van der Waals surface area contributed by atoms with Crippen molar-refractivity contribution in [1.29, 1.82) is 0 Å². The van der Waals surface area contributed by atoms with Crippen molar-refractivity contribution >= 4 is 10.1 Å². The minimum atomic E-state index is -4.01. The molecule has 3 nitrogen and oxygen atoms in total. The Bertz CT molecular complexity index is 432. The van der Waals surface area contributed by atoms with E-state index >= 15 is 0 Å². The largest absolute Gasteiger partial charge is 0.285 e. The molecule has 1 rings (SSSR count). The molecule has 2 unspecified atom stereocenters. The van der Waals surface area contributed by atoms with E-state index in [1.54, 1.807) is 0 Å². The van der Waals surface area contributed by atoms with Gasteiger partial charge in [-0.1, -0.05) is 53.2 Å². The predicted octanol–water partition coefficient (Wildman–Crippen LogP) is 3.77. The van der Waals surface area contributed by atoms with Crippen molar-refractivity contribution in [2.75, 3.05) is 0 Å². The molecule has 1 aliphatic carbocycles. The summed E-state index contributed by atoms with van der Waals surface area (Å²) < 4.78 is 33.3. The molecule has 0 saturated carbocycles. The van der Waals surface area contributed by atoms with Crippen molar-refractivity contribution in [3.05, 3.63) is 11.6 Å². The monoisotopic (exact) mass is 288 g/mol. The molecule has 0 aromatic rings. The summed E-state index contributed by atoms with van der Waals surface area (Å²) in [6.45, 7) is 12.4. The van der Waals surface area contributed by atoms with Crippen LogP contribution in [0.1, 0.15) is 48.0 Å². The third-order valence-electron chi connectivity index (χ3n) is 4.39. The third-order valence-corrected chi connectivity index (χ3v) is 5.74. The van der Waals surface area contributed by atoms with E-state index in [4.69, 9.17) is 0 Å². The van der Waals surface area contributed by atoms with Crippen LogP contribution in [-0.4, -0.2) is 18.2 Å². The summed E-state index contributed by atoms with van der Waals surface area (Å²) in [5, 5.41) is -0.657. The van der Waals surface area contributed by atoms with E-state index in [0.717, 1.165) is 6.42 Å². The van der Waals surface area contributed by atoms with Gasteiger partial charge in [-0.3, -0.25) is 4.55 Å². The molecule has 0 saturated heterocycles. The van der Waals surface area contributed by atoms with Gasteiger partial charge in [0.15, 0.2) is 0 Å². The van der Waals surface area contributed by atoms with E-state index in [9.17, 15) is 13.0 Å². The first-order valence-corrected chi connectivity index (χ1v) is 8.72. The Kier molecular flexibility index (Phi) is 5.24. The maximum Gasteiger partial charge on any atom is 0.268 e. The maximum atomic E-state index is 11.8. The summed E-state index contributed by atoms with van der Waals surface area (Å²) in [4.78, 5) is 0. The summed E-state index contributed by atoms with van der Waals surface area (Å²) in [6, 6.07) is 0. The summed E-state index contributed by atoms with van der Waals surface area (Å²) >= 11 is 0. The Hall–Kier alpha value is -0.350. The predicted molar refractivity (Wildman–Crippen MR) is 79.5 cm³/mol. The fourth-order valence-electron chi connectivity index (χ4n) is 3.12. The Labute approximate surface area is 118 Å². The molecule has 0 radical (unpaired) electrons. The van der Waals surface area contributed by atoms with Crippen LogP contribution in [-0.2, 0) is 10.1 Å². The molecule has 0 aromatic carbocycles. The Morgan fingerprint density at radius 2 is 1.63 bits per heavy atom. The van der Waals surface area contributed by atoms with Crippen molar-refractivity contribution in [3.8, 4) is 0 Å². The SMILES string of the molecule is CC(C)C1=C[C@@H](C(C)C)C(S(=O)(=O)O)C(C(C)C)C1. The standard InChI is InChI=1S/C15H28O3S/c1-9(2)12-7-13(10(3)4)15(19(16,17)18)14(8-12)11(5)6/h7,9-11,13-15H,8H2,1-6H3,(H,16,17,18)/t13-,14?,15?/m0/s1. The average molecular weight is 288 g/mol. The first kappa shape index (κ1) is 16.7. The van der Waals surface area contributed by atoms with Crippen molar-refractivity contribution < 1.29 is 13.0 Å². The molecule has 1 aliphatic rings. The molecule has 0 heterocycles. The molecule has 0 aliphatic heterocycles. The highest BCUT2D eigenvalue weighted by atomic mass is 32.2. The Balaban J connectivity index is 3.30. The number of hydrogen-bond acceptors (Lipinski definition) is 2. The Morgan fingerprint density at radius 3 is 1.95 bits per heavy atom. The van der Waals surface area contributed by atoms with E-state index in [0.29, 0.717) is 5.92 Å². The summed E-state index contributed by atoms with van der Waals surface area (Å²) in [6.07, 6.45) is 2.88. The van der Waals surface area contributed by atoms with Gasteiger partial charge in [0.25, 0.3) is 10.1 Å². The summed E-state index contributed by atoms with van der Waals surface area (Å²) in [5.41, 5.74) is 1.33. The smallest absolute Gasteiger partial charge is 0.268 e. The lowest BCUT2D eigenvalue weighted by Gasteiger charge is -2.40. The van der Waals surface area contributed by atoms with Crippen LogP contribution in [0.3, 0.4) is 0 Å². The van der Waals surface area contributed by atoms with Crippen LogP contribution in [0.5, 0.6) is 0 Å². The molecule has 0 aromatic heterocycles. The topological polar surface area (TPSA) is 54.4 Å². The first-order chi connectivity index (χ1) is 8.55. The van der Waals surface area contributed by atoms with Gasteiger partial charge in [0.2, 0.25) is 0 Å². The van der Waals surface area contributed by atoms with Crippen LogP contribution < -0.4 is 0 Å². The Morgan fingerprint density at radius 1 is 1.11 bits per heavy atom. The molecule has 0 amide bonds. The van der Waals surface area contributed by atoms with Crippen LogP contribution in [0.15, 0.2) is 11.6 Å². The minimum absolute atomic E-state index is 0.00444. The highest BCUT2D eigenvalue weighted by Crippen LogP contribution is 2.42. The zero-order chi connectivity index (χ0) is 15.0. The summed E-state index contributed by atoms with van der Waals surface area (Å²) in [5.74, 6) is 0.807. The van der Waals surface area contributed by atoms with Crippen molar-refractivity contribution in [3.63, 3.8) is 0 Å². The fraction of sp³-hybridized carbons (Fsp3) is 0.867. The van der Waals surface area contributed by atoms with Gasteiger partial charge < -0.3 is 0 Å². The van der Waals surface area contributed by atoms with Crippen molar-refractivity contribution in [2.24, 2.45) is 29.6 Å².